The van der Waals surface area contributed by atoms with Crippen molar-refractivity contribution in [2.24, 2.45) is 0 Å². The van der Waals surface area contributed by atoms with Crippen LogP contribution in [0.15, 0.2) is 42.5 Å². The van der Waals surface area contributed by atoms with E-state index in [1.54, 1.807) is 6.07 Å². The summed E-state index contributed by atoms with van der Waals surface area (Å²) in [6.07, 6.45) is -4.75. The van der Waals surface area contributed by atoms with Crippen molar-refractivity contribution in [1.29, 1.82) is 0 Å². The van der Waals surface area contributed by atoms with Gasteiger partial charge in [0.15, 0.2) is 6.29 Å². The number of benzene rings is 1. The van der Waals surface area contributed by atoms with Crippen LogP contribution >= 0.6 is 0 Å². The van der Waals surface area contributed by atoms with Crippen molar-refractivity contribution >= 4 is 5.97 Å². The standard InChI is InChI=1S/C23H33F3O5/c1-6-12-19(15-17(4)16-20(29-7-2)30-8-3)31-21(27)22(28-5,23(24,25)26)18-13-10-9-11-14-18/h9-11,13-14,19-20H,4,6-8,12,15-16H2,1-3,5H3/t19-,22-/m1/s1. The molecule has 1 aromatic carbocycles. The van der Waals surface area contributed by atoms with Crippen LogP contribution in [0.2, 0.25) is 0 Å². The molecule has 0 spiro atoms. The molecule has 176 valence electrons. The Morgan fingerprint density at radius 3 is 2.06 bits per heavy atom. The molecule has 0 heterocycles. The normalized spacial score (nSPS) is 14.8. The lowest BCUT2D eigenvalue weighted by molar-refractivity contribution is -0.278. The number of rotatable bonds is 14. The molecule has 31 heavy (non-hydrogen) atoms. The first kappa shape index (κ1) is 27.1. The fraction of sp³-hybridized carbons (Fsp3) is 0.609. The maximum Gasteiger partial charge on any atom is 0.432 e. The van der Waals surface area contributed by atoms with E-state index in [0.29, 0.717) is 38.0 Å². The second kappa shape index (κ2) is 12.8. The van der Waals surface area contributed by atoms with Crippen LogP contribution in [0.1, 0.15) is 52.0 Å². The number of methoxy groups -OCH3 is 1. The third-order valence-corrected chi connectivity index (χ3v) is 4.73. The van der Waals surface area contributed by atoms with Gasteiger partial charge < -0.3 is 18.9 Å². The molecule has 0 saturated carbocycles. The number of alkyl halides is 3. The maximum absolute atomic E-state index is 14.1. The summed E-state index contributed by atoms with van der Waals surface area (Å²) in [5, 5.41) is 0. The topological polar surface area (TPSA) is 54.0 Å². The average molecular weight is 447 g/mol. The van der Waals surface area contributed by atoms with E-state index in [1.807, 2.05) is 20.8 Å². The highest BCUT2D eigenvalue weighted by Gasteiger charge is 2.64. The van der Waals surface area contributed by atoms with Gasteiger partial charge >= 0.3 is 12.1 Å². The lowest BCUT2D eigenvalue weighted by Crippen LogP contribution is -2.52. The van der Waals surface area contributed by atoms with Gasteiger partial charge in [-0.05, 0) is 20.3 Å². The van der Waals surface area contributed by atoms with Gasteiger partial charge in [-0.1, -0.05) is 55.8 Å². The van der Waals surface area contributed by atoms with Gasteiger partial charge in [-0.2, -0.15) is 13.2 Å². The third-order valence-electron chi connectivity index (χ3n) is 4.73. The van der Waals surface area contributed by atoms with Crippen molar-refractivity contribution in [1.82, 2.24) is 0 Å². The molecular formula is C23H33F3O5. The smallest absolute Gasteiger partial charge is 0.432 e. The summed E-state index contributed by atoms with van der Waals surface area (Å²) in [4.78, 5) is 12.9. The van der Waals surface area contributed by atoms with Crippen LogP contribution in [0.3, 0.4) is 0 Å². The number of hydrogen-bond donors (Lipinski definition) is 0. The minimum atomic E-state index is -5.01. The van der Waals surface area contributed by atoms with E-state index in [0.717, 1.165) is 7.11 Å². The van der Waals surface area contributed by atoms with Crippen LogP contribution in [-0.2, 0) is 29.3 Å². The Bertz CT molecular complexity index is 672. The Morgan fingerprint density at radius 2 is 1.61 bits per heavy atom. The van der Waals surface area contributed by atoms with E-state index in [9.17, 15) is 18.0 Å². The second-order valence-corrected chi connectivity index (χ2v) is 7.06. The molecule has 8 heteroatoms. The molecule has 0 amide bonds. The van der Waals surface area contributed by atoms with Crippen LogP contribution in [-0.4, -0.2) is 44.9 Å². The maximum atomic E-state index is 14.1. The molecule has 0 fully saturated rings. The largest absolute Gasteiger partial charge is 0.459 e. The van der Waals surface area contributed by atoms with E-state index >= 15 is 0 Å². The SMILES string of the molecule is C=C(CC(OCC)OCC)C[C@@H](CCC)OC(=O)[C@](OC)(c1ccccc1)C(F)(F)F. The van der Waals surface area contributed by atoms with Crippen molar-refractivity contribution in [3.05, 3.63) is 48.0 Å². The highest BCUT2D eigenvalue weighted by Crippen LogP contribution is 2.43. The predicted molar refractivity (Wildman–Crippen MR) is 111 cm³/mol. The van der Waals surface area contributed by atoms with Crippen LogP contribution < -0.4 is 0 Å². The quantitative estimate of drug-likeness (QED) is 0.213. The first-order chi connectivity index (χ1) is 14.7. The molecule has 0 aromatic heterocycles. The zero-order valence-corrected chi connectivity index (χ0v) is 18.7. The minimum Gasteiger partial charge on any atom is -0.459 e. The lowest BCUT2D eigenvalue weighted by atomic mass is 9.92. The molecule has 0 bridgehead atoms. The molecule has 0 saturated heterocycles. The van der Waals surface area contributed by atoms with E-state index < -0.39 is 30.1 Å². The number of esters is 1. The zero-order valence-electron chi connectivity index (χ0n) is 18.7. The summed E-state index contributed by atoms with van der Waals surface area (Å²) >= 11 is 0. The zero-order chi connectivity index (χ0) is 23.5. The number of halogens is 3. The summed E-state index contributed by atoms with van der Waals surface area (Å²) in [5.41, 5.74) is -2.88. The Hall–Kier alpha value is -1.90. The third kappa shape index (κ3) is 7.33. The fourth-order valence-corrected chi connectivity index (χ4v) is 3.32. The number of carbonyl (C=O) groups excluding carboxylic acids is 1. The summed E-state index contributed by atoms with van der Waals surface area (Å²) in [5.74, 6) is -1.49. The summed E-state index contributed by atoms with van der Waals surface area (Å²) in [6, 6.07) is 6.77. The molecule has 1 rings (SSSR count). The van der Waals surface area contributed by atoms with Gasteiger partial charge in [-0.3, -0.25) is 0 Å². The first-order valence-corrected chi connectivity index (χ1v) is 10.4. The number of carbonyl (C=O) groups is 1. The fourth-order valence-electron chi connectivity index (χ4n) is 3.32. The van der Waals surface area contributed by atoms with Crippen molar-refractivity contribution in [3.63, 3.8) is 0 Å². The van der Waals surface area contributed by atoms with Gasteiger partial charge in [0.2, 0.25) is 0 Å². The molecule has 0 aliphatic heterocycles. The van der Waals surface area contributed by atoms with Crippen LogP contribution in [0.25, 0.3) is 0 Å². The minimum absolute atomic E-state index is 0.197. The van der Waals surface area contributed by atoms with Gasteiger partial charge in [0.25, 0.3) is 5.60 Å². The highest BCUT2D eigenvalue weighted by atomic mass is 19.4. The molecule has 0 aliphatic rings. The molecule has 2 atom stereocenters. The second-order valence-electron chi connectivity index (χ2n) is 7.06. The first-order valence-electron chi connectivity index (χ1n) is 10.4. The molecular weight excluding hydrogens is 413 g/mol. The summed E-state index contributed by atoms with van der Waals surface area (Å²) < 4.78 is 63.4. The predicted octanol–water partition coefficient (Wildman–Crippen LogP) is 5.54. The Balaban J connectivity index is 3.06. The van der Waals surface area contributed by atoms with Crippen molar-refractivity contribution in [2.45, 2.75) is 70.6 Å². The van der Waals surface area contributed by atoms with Crippen molar-refractivity contribution < 1.29 is 36.9 Å². The molecule has 0 unspecified atom stereocenters. The molecule has 5 nitrogen and oxygen atoms in total. The Morgan fingerprint density at radius 1 is 1.03 bits per heavy atom. The van der Waals surface area contributed by atoms with Gasteiger partial charge in [0.1, 0.15) is 6.10 Å². The van der Waals surface area contributed by atoms with Gasteiger partial charge in [-0.15, -0.1) is 0 Å². The van der Waals surface area contributed by atoms with Crippen LogP contribution in [0, 0.1) is 0 Å². The van der Waals surface area contributed by atoms with E-state index in [2.05, 4.69) is 6.58 Å². The monoisotopic (exact) mass is 446 g/mol. The van der Waals surface area contributed by atoms with Crippen LogP contribution in [0.4, 0.5) is 13.2 Å². The number of ether oxygens (including phenoxy) is 4. The van der Waals surface area contributed by atoms with E-state index in [1.165, 1.54) is 24.3 Å². The van der Waals surface area contributed by atoms with Crippen molar-refractivity contribution in [3.8, 4) is 0 Å². The number of hydrogen-bond acceptors (Lipinski definition) is 5. The molecule has 0 radical (unpaired) electrons. The van der Waals surface area contributed by atoms with Gasteiger partial charge in [-0.25, -0.2) is 4.79 Å². The summed E-state index contributed by atoms with van der Waals surface area (Å²) in [7, 11) is 0.851. The molecule has 0 N–H and O–H groups in total. The van der Waals surface area contributed by atoms with E-state index in [4.69, 9.17) is 18.9 Å². The molecule has 0 aliphatic carbocycles. The van der Waals surface area contributed by atoms with Crippen molar-refractivity contribution in [2.75, 3.05) is 20.3 Å². The lowest BCUT2D eigenvalue weighted by Gasteiger charge is -2.34. The molecule has 1 aromatic rings. The Kier molecular flexibility index (Phi) is 11.2. The van der Waals surface area contributed by atoms with E-state index in [-0.39, 0.29) is 12.0 Å². The average Bonchev–Trinajstić information content (AvgIpc) is 2.69. The highest BCUT2D eigenvalue weighted by molar-refractivity contribution is 5.82. The van der Waals surface area contributed by atoms with Gasteiger partial charge in [0, 0.05) is 38.7 Å². The van der Waals surface area contributed by atoms with Gasteiger partial charge in [0.05, 0.1) is 0 Å². The Labute approximate surface area is 182 Å². The summed E-state index contributed by atoms with van der Waals surface area (Å²) in [6.45, 7) is 10.4. The van der Waals surface area contributed by atoms with Crippen LogP contribution in [0.5, 0.6) is 0 Å².